The van der Waals surface area contributed by atoms with Gasteiger partial charge in [-0.1, -0.05) is 46.0 Å². The third kappa shape index (κ3) is 6.42. The van der Waals surface area contributed by atoms with E-state index < -0.39 is 0 Å². The molecule has 0 saturated heterocycles. The Balaban J connectivity index is 2.39. The van der Waals surface area contributed by atoms with Crippen LogP contribution in [0.25, 0.3) is 0 Å². The fourth-order valence-corrected chi connectivity index (χ4v) is 3.02. The fraction of sp³-hybridized carbons (Fsp3) is 0.938. The Morgan fingerprint density at radius 1 is 1.21 bits per heavy atom. The van der Waals surface area contributed by atoms with E-state index in [0.29, 0.717) is 12.5 Å². The van der Waals surface area contributed by atoms with Gasteiger partial charge < -0.3 is 11.1 Å². The molecule has 2 unspecified atom stereocenters. The van der Waals surface area contributed by atoms with Crippen LogP contribution >= 0.6 is 0 Å². The standard InChI is InChI=1S/C16H32N2O/c1-12(2)15(11-14-7-5-4-6-8-14)16(19)18-10-9-13(3)17/h12-15H,4-11,17H2,1-3H3,(H,18,19). The summed E-state index contributed by atoms with van der Waals surface area (Å²) in [6.07, 6.45) is 8.64. The number of carbonyl (C=O) groups is 1. The average Bonchev–Trinajstić information content (AvgIpc) is 2.36. The Kier molecular flexibility index (Phi) is 7.44. The first-order valence-corrected chi connectivity index (χ1v) is 8.04. The second kappa shape index (κ2) is 8.57. The van der Waals surface area contributed by atoms with E-state index in [1.165, 1.54) is 32.1 Å². The summed E-state index contributed by atoms with van der Waals surface area (Å²) in [6, 6.07) is 0.163. The first-order valence-electron chi connectivity index (χ1n) is 8.04. The predicted molar refractivity (Wildman–Crippen MR) is 80.8 cm³/mol. The lowest BCUT2D eigenvalue weighted by atomic mass is 9.79. The normalized spacial score (nSPS) is 20.3. The minimum atomic E-state index is 0.163. The van der Waals surface area contributed by atoms with Crippen molar-refractivity contribution in [3.8, 4) is 0 Å². The number of amides is 1. The van der Waals surface area contributed by atoms with Crippen molar-refractivity contribution in [1.82, 2.24) is 5.32 Å². The minimum Gasteiger partial charge on any atom is -0.356 e. The summed E-state index contributed by atoms with van der Waals surface area (Å²) in [5, 5.41) is 3.07. The van der Waals surface area contributed by atoms with E-state index in [1.807, 2.05) is 6.92 Å². The number of hydrogen-bond acceptors (Lipinski definition) is 2. The monoisotopic (exact) mass is 268 g/mol. The molecule has 1 amide bonds. The van der Waals surface area contributed by atoms with Crippen LogP contribution in [0.2, 0.25) is 0 Å². The van der Waals surface area contributed by atoms with Crippen molar-refractivity contribution in [3.05, 3.63) is 0 Å². The molecule has 1 rings (SSSR count). The van der Waals surface area contributed by atoms with Crippen molar-refractivity contribution < 1.29 is 4.79 Å². The van der Waals surface area contributed by atoms with Crippen molar-refractivity contribution >= 4 is 5.91 Å². The molecule has 0 bridgehead atoms. The van der Waals surface area contributed by atoms with Crippen LogP contribution in [0, 0.1) is 17.8 Å². The molecule has 19 heavy (non-hydrogen) atoms. The lowest BCUT2D eigenvalue weighted by molar-refractivity contribution is -0.127. The van der Waals surface area contributed by atoms with Gasteiger partial charge in [0.2, 0.25) is 5.91 Å². The number of hydrogen-bond donors (Lipinski definition) is 2. The summed E-state index contributed by atoms with van der Waals surface area (Å²) in [4.78, 5) is 12.3. The highest BCUT2D eigenvalue weighted by Gasteiger charge is 2.26. The van der Waals surface area contributed by atoms with Crippen molar-refractivity contribution in [2.24, 2.45) is 23.5 Å². The van der Waals surface area contributed by atoms with Gasteiger partial charge in [-0.05, 0) is 31.6 Å². The maximum absolute atomic E-state index is 12.3. The van der Waals surface area contributed by atoms with Crippen molar-refractivity contribution in [3.63, 3.8) is 0 Å². The van der Waals surface area contributed by atoms with Crippen LogP contribution in [0.3, 0.4) is 0 Å². The van der Waals surface area contributed by atoms with E-state index >= 15 is 0 Å². The zero-order chi connectivity index (χ0) is 14.3. The lowest BCUT2D eigenvalue weighted by Gasteiger charge is -2.28. The molecule has 0 radical (unpaired) electrons. The molecule has 0 aromatic carbocycles. The van der Waals surface area contributed by atoms with Gasteiger partial charge in [-0.25, -0.2) is 0 Å². The van der Waals surface area contributed by atoms with Crippen LogP contribution in [-0.4, -0.2) is 18.5 Å². The molecular formula is C16H32N2O. The highest BCUT2D eigenvalue weighted by molar-refractivity contribution is 5.78. The number of carbonyl (C=O) groups excluding carboxylic acids is 1. The highest BCUT2D eigenvalue weighted by Crippen LogP contribution is 2.31. The molecule has 1 aliphatic rings. The third-order valence-electron chi connectivity index (χ3n) is 4.35. The third-order valence-corrected chi connectivity index (χ3v) is 4.35. The van der Waals surface area contributed by atoms with Gasteiger partial charge in [-0.2, -0.15) is 0 Å². The maximum atomic E-state index is 12.3. The Hall–Kier alpha value is -0.570. The van der Waals surface area contributed by atoms with E-state index in [0.717, 1.165) is 18.8 Å². The number of nitrogens with two attached hydrogens (primary N) is 1. The van der Waals surface area contributed by atoms with Crippen LogP contribution in [0.15, 0.2) is 0 Å². The molecule has 0 spiro atoms. The lowest BCUT2D eigenvalue weighted by Crippen LogP contribution is -2.37. The van der Waals surface area contributed by atoms with Gasteiger partial charge in [-0.3, -0.25) is 4.79 Å². The zero-order valence-corrected chi connectivity index (χ0v) is 13.0. The quantitative estimate of drug-likeness (QED) is 0.745. The van der Waals surface area contributed by atoms with Crippen LogP contribution in [0.1, 0.15) is 65.7 Å². The number of nitrogens with one attached hydrogen (secondary N) is 1. The Morgan fingerprint density at radius 3 is 2.37 bits per heavy atom. The Labute approximate surface area is 118 Å². The van der Waals surface area contributed by atoms with Crippen LogP contribution in [0.4, 0.5) is 0 Å². The second-order valence-electron chi connectivity index (χ2n) is 6.65. The fourth-order valence-electron chi connectivity index (χ4n) is 3.02. The van der Waals surface area contributed by atoms with Gasteiger partial charge in [0.1, 0.15) is 0 Å². The van der Waals surface area contributed by atoms with Gasteiger partial charge in [0, 0.05) is 18.5 Å². The predicted octanol–water partition coefficient (Wildman–Crippen LogP) is 3.08. The topological polar surface area (TPSA) is 55.1 Å². The first kappa shape index (κ1) is 16.5. The maximum Gasteiger partial charge on any atom is 0.223 e. The Morgan fingerprint density at radius 2 is 1.84 bits per heavy atom. The molecule has 0 aliphatic heterocycles. The molecule has 0 aromatic heterocycles. The molecule has 1 saturated carbocycles. The van der Waals surface area contributed by atoms with E-state index in [2.05, 4.69) is 19.2 Å². The molecule has 0 aromatic rings. The molecular weight excluding hydrogens is 236 g/mol. The smallest absolute Gasteiger partial charge is 0.223 e. The molecule has 0 heterocycles. The van der Waals surface area contributed by atoms with E-state index in [-0.39, 0.29) is 17.9 Å². The SMILES string of the molecule is CC(N)CCNC(=O)C(CC1CCCCC1)C(C)C. The largest absolute Gasteiger partial charge is 0.356 e. The summed E-state index contributed by atoms with van der Waals surface area (Å²) in [6.45, 7) is 7.02. The molecule has 112 valence electrons. The molecule has 3 N–H and O–H groups in total. The second-order valence-corrected chi connectivity index (χ2v) is 6.65. The molecule has 3 heteroatoms. The highest BCUT2D eigenvalue weighted by atomic mass is 16.1. The Bertz CT molecular complexity index is 257. The molecule has 1 fully saturated rings. The summed E-state index contributed by atoms with van der Waals surface area (Å²) in [7, 11) is 0. The summed E-state index contributed by atoms with van der Waals surface area (Å²) >= 11 is 0. The van der Waals surface area contributed by atoms with E-state index in [4.69, 9.17) is 5.73 Å². The molecule has 2 atom stereocenters. The van der Waals surface area contributed by atoms with Crippen LogP contribution < -0.4 is 11.1 Å². The van der Waals surface area contributed by atoms with Crippen molar-refractivity contribution in [1.29, 1.82) is 0 Å². The van der Waals surface area contributed by atoms with Crippen LogP contribution in [0.5, 0.6) is 0 Å². The van der Waals surface area contributed by atoms with Crippen molar-refractivity contribution in [2.45, 2.75) is 71.8 Å². The van der Waals surface area contributed by atoms with Gasteiger partial charge >= 0.3 is 0 Å². The van der Waals surface area contributed by atoms with Crippen LogP contribution in [-0.2, 0) is 4.79 Å². The summed E-state index contributed by atoms with van der Waals surface area (Å²) in [5.74, 6) is 1.61. The molecule has 1 aliphatic carbocycles. The van der Waals surface area contributed by atoms with Gasteiger partial charge in [-0.15, -0.1) is 0 Å². The first-order chi connectivity index (χ1) is 9.00. The van der Waals surface area contributed by atoms with E-state index in [1.54, 1.807) is 0 Å². The van der Waals surface area contributed by atoms with Gasteiger partial charge in [0.15, 0.2) is 0 Å². The number of rotatable bonds is 7. The van der Waals surface area contributed by atoms with Gasteiger partial charge in [0.05, 0.1) is 0 Å². The zero-order valence-electron chi connectivity index (χ0n) is 13.0. The average molecular weight is 268 g/mol. The van der Waals surface area contributed by atoms with Gasteiger partial charge in [0.25, 0.3) is 0 Å². The van der Waals surface area contributed by atoms with E-state index in [9.17, 15) is 4.79 Å². The minimum absolute atomic E-state index is 0.163. The summed E-state index contributed by atoms with van der Waals surface area (Å²) < 4.78 is 0. The van der Waals surface area contributed by atoms with Crippen molar-refractivity contribution in [2.75, 3.05) is 6.54 Å². The molecule has 3 nitrogen and oxygen atoms in total. The summed E-state index contributed by atoms with van der Waals surface area (Å²) in [5.41, 5.74) is 5.71.